The minimum atomic E-state index is -0.633. The molecule has 0 atom stereocenters. The van der Waals surface area contributed by atoms with Crippen molar-refractivity contribution in [3.63, 3.8) is 0 Å². The normalized spacial score (nSPS) is 14.5. The summed E-state index contributed by atoms with van der Waals surface area (Å²) in [6.45, 7) is 0.249. The number of esters is 1. The molecule has 9 heteroatoms. The lowest BCUT2D eigenvalue weighted by Crippen LogP contribution is -2.27. The second-order valence-corrected chi connectivity index (χ2v) is 10.1. The van der Waals surface area contributed by atoms with Gasteiger partial charge < -0.3 is 13.9 Å². The van der Waals surface area contributed by atoms with E-state index in [1.54, 1.807) is 6.08 Å². The largest absolute Gasteiger partial charge is 0.488 e. The number of methoxy groups -OCH3 is 1. The lowest BCUT2D eigenvalue weighted by atomic mass is 10.1. The van der Waals surface area contributed by atoms with Crippen LogP contribution in [0.2, 0.25) is 0 Å². The Morgan fingerprint density at radius 3 is 2.65 bits per heavy atom. The van der Waals surface area contributed by atoms with E-state index < -0.39 is 17.1 Å². The predicted molar refractivity (Wildman–Crippen MR) is 144 cm³/mol. The molecule has 37 heavy (non-hydrogen) atoms. The summed E-state index contributed by atoms with van der Waals surface area (Å²) in [7, 11) is 1.24. The van der Waals surface area contributed by atoms with Crippen molar-refractivity contribution >= 4 is 61.7 Å². The van der Waals surface area contributed by atoms with Crippen molar-refractivity contribution in [2.75, 3.05) is 7.11 Å². The molecule has 1 saturated heterocycles. The zero-order valence-corrected chi connectivity index (χ0v) is 22.0. The molecule has 0 spiro atoms. The molecule has 5 rings (SSSR count). The van der Waals surface area contributed by atoms with Crippen molar-refractivity contribution in [2.24, 2.45) is 0 Å². The highest BCUT2D eigenvalue weighted by atomic mass is 79.9. The van der Waals surface area contributed by atoms with E-state index in [1.807, 2.05) is 36.4 Å². The van der Waals surface area contributed by atoms with Gasteiger partial charge in [0, 0.05) is 10.0 Å². The molecular weight excluding hydrogens is 558 g/mol. The van der Waals surface area contributed by atoms with Gasteiger partial charge in [-0.3, -0.25) is 14.5 Å². The highest BCUT2D eigenvalue weighted by Gasteiger charge is 2.36. The maximum atomic E-state index is 13.1. The maximum absolute atomic E-state index is 13.1. The van der Waals surface area contributed by atoms with Crippen LogP contribution in [0, 0.1) is 0 Å². The molecule has 0 N–H and O–H groups in total. The molecule has 3 aromatic carbocycles. The number of furan rings is 1. The summed E-state index contributed by atoms with van der Waals surface area (Å²) in [6.07, 6.45) is 1.65. The van der Waals surface area contributed by atoms with E-state index in [9.17, 15) is 14.4 Å². The Labute approximate surface area is 225 Å². The van der Waals surface area contributed by atoms with Crippen LogP contribution < -0.4 is 4.74 Å². The van der Waals surface area contributed by atoms with Gasteiger partial charge in [-0.05, 0) is 70.6 Å². The van der Waals surface area contributed by atoms with Crippen molar-refractivity contribution < 1.29 is 28.3 Å². The van der Waals surface area contributed by atoms with Crippen LogP contribution in [0.1, 0.15) is 27.4 Å². The number of hydrogen-bond donors (Lipinski definition) is 0. The van der Waals surface area contributed by atoms with Gasteiger partial charge >= 0.3 is 5.97 Å². The van der Waals surface area contributed by atoms with E-state index in [0.717, 1.165) is 37.5 Å². The van der Waals surface area contributed by atoms with Gasteiger partial charge in [-0.2, -0.15) is 0 Å². The number of amides is 2. The van der Waals surface area contributed by atoms with Crippen LogP contribution in [0.4, 0.5) is 4.79 Å². The Morgan fingerprint density at radius 2 is 1.84 bits per heavy atom. The molecular formula is C28H20BrNO6S. The second-order valence-electron chi connectivity index (χ2n) is 8.18. The minimum Gasteiger partial charge on any atom is -0.488 e. The van der Waals surface area contributed by atoms with Crippen LogP contribution in [0.15, 0.2) is 86.6 Å². The lowest BCUT2D eigenvalue weighted by Gasteiger charge is -2.12. The number of hydrogen-bond acceptors (Lipinski definition) is 7. The molecule has 186 valence electrons. The molecule has 2 amide bonds. The number of fused-ring (bicyclic) bond motifs is 1. The van der Waals surface area contributed by atoms with E-state index in [0.29, 0.717) is 23.7 Å². The summed E-state index contributed by atoms with van der Waals surface area (Å²) in [4.78, 5) is 38.6. The fraction of sp³-hybridized carbons (Fsp3) is 0.107. The average Bonchev–Trinajstić information content (AvgIpc) is 3.48. The van der Waals surface area contributed by atoms with Gasteiger partial charge in [0.2, 0.25) is 5.76 Å². The summed E-state index contributed by atoms with van der Waals surface area (Å²) in [6, 6.07) is 22.8. The number of rotatable bonds is 7. The smallest absolute Gasteiger partial charge is 0.373 e. The van der Waals surface area contributed by atoms with Crippen LogP contribution in [0.5, 0.6) is 5.75 Å². The first kappa shape index (κ1) is 24.9. The van der Waals surface area contributed by atoms with Gasteiger partial charge in [0.05, 0.1) is 18.6 Å². The first-order valence-electron chi connectivity index (χ1n) is 11.2. The van der Waals surface area contributed by atoms with E-state index in [1.165, 1.54) is 19.2 Å². The molecule has 0 saturated carbocycles. The number of ether oxygens (including phenoxy) is 2. The Morgan fingerprint density at radius 1 is 1.03 bits per heavy atom. The third kappa shape index (κ3) is 5.47. The quantitative estimate of drug-likeness (QED) is 0.176. The van der Waals surface area contributed by atoms with Crippen LogP contribution in [-0.4, -0.2) is 29.1 Å². The fourth-order valence-electron chi connectivity index (χ4n) is 3.86. The van der Waals surface area contributed by atoms with Crippen molar-refractivity contribution in [2.45, 2.75) is 13.2 Å². The highest BCUT2D eigenvalue weighted by molar-refractivity contribution is 9.10. The van der Waals surface area contributed by atoms with E-state index >= 15 is 0 Å². The number of carbonyl (C=O) groups excluding carboxylic acids is 3. The zero-order valence-electron chi connectivity index (χ0n) is 19.6. The number of thioether (sulfide) groups is 1. The van der Waals surface area contributed by atoms with Crippen molar-refractivity contribution in [3.05, 3.63) is 105 Å². The van der Waals surface area contributed by atoms with Crippen LogP contribution >= 0.6 is 27.7 Å². The number of carbonyl (C=O) groups is 3. The fourth-order valence-corrected chi connectivity index (χ4v) is 5.07. The number of benzene rings is 3. The molecule has 7 nitrogen and oxygen atoms in total. The number of imide groups is 1. The molecule has 4 aromatic rings. The van der Waals surface area contributed by atoms with Crippen molar-refractivity contribution in [3.8, 4) is 5.75 Å². The van der Waals surface area contributed by atoms with E-state index in [-0.39, 0.29) is 17.2 Å². The van der Waals surface area contributed by atoms with Crippen LogP contribution in [0.25, 0.3) is 16.8 Å². The molecule has 1 aliphatic heterocycles. The van der Waals surface area contributed by atoms with Gasteiger partial charge in [-0.15, -0.1) is 0 Å². The van der Waals surface area contributed by atoms with Crippen LogP contribution in [-0.2, 0) is 22.7 Å². The minimum absolute atomic E-state index is 0.00218. The molecule has 1 aromatic heterocycles. The Hall–Kier alpha value is -3.82. The topological polar surface area (TPSA) is 86.0 Å². The van der Waals surface area contributed by atoms with Crippen molar-refractivity contribution in [1.29, 1.82) is 0 Å². The SMILES string of the molecule is COC(=O)c1ccc(CN2C(=O)S/C(=C/c3cc(Br)ccc3OCc3ccc4ccccc4c3)C2=O)o1. The van der Waals surface area contributed by atoms with Gasteiger partial charge in [-0.25, -0.2) is 4.79 Å². The summed E-state index contributed by atoms with van der Waals surface area (Å²) in [5.74, 6) is -0.206. The first-order chi connectivity index (χ1) is 17.9. The zero-order chi connectivity index (χ0) is 25.9. The molecule has 2 heterocycles. The molecule has 0 radical (unpaired) electrons. The predicted octanol–water partition coefficient (Wildman–Crippen LogP) is 6.80. The van der Waals surface area contributed by atoms with Crippen molar-refractivity contribution in [1.82, 2.24) is 4.90 Å². The lowest BCUT2D eigenvalue weighted by molar-refractivity contribution is -0.123. The Kier molecular flexibility index (Phi) is 7.16. The first-order valence-corrected chi connectivity index (χ1v) is 12.8. The van der Waals surface area contributed by atoms with Gasteiger partial charge in [0.15, 0.2) is 0 Å². The Bertz CT molecular complexity index is 1560. The summed E-state index contributed by atoms with van der Waals surface area (Å²) < 4.78 is 17.0. The summed E-state index contributed by atoms with van der Waals surface area (Å²) >= 11 is 4.31. The standard InChI is InChI=1S/C28H20BrNO6S/c1-34-27(32)24-11-9-22(36-24)15-30-26(31)25(37-28(30)33)14-20-13-21(29)8-10-23(20)35-16-17-6-7-18-4-2-3-5-19(18)12-17/h2-14H,15-16H2,1H3/b25-14+. The average molecular weight is 578 g/mol. The Balaban J connectivity index is 1.34. The van der Waals surface area contributed by atoms with Gasteiger partial charge in [0.25, 0.3) is 11.1 Å². The monoisotopic (exact) mass is 577 g/mol. The van der Waals surface area contributed by atoms with Crippen LogP contribution in [0.3, 0.4) is 0 Å². The number of nitrogens with zero attached hydrogens (tertiary/aromatic N) is 1. The molecule has 0 bridgehead atoms. The summed E-state index contributed by atoms with van der Waals surface area (Å²) in [5.41, 5.74) is 1.67. The molecule has 0 aliphatic carbocycles. The van der Waals surface area contributed by atoms with E-state index in [2.05, 4.69) is 44.9 Å². The highest BCUT2D eigenvalue weighted by Crippen LogP contribution is 2.36. The number of halogens is 1. The van der Waals surface area contributed by atoms with Gasteiger partial charge in [-0.1, -0.05) is 52.3 Å². The summed E-state index contributed by atoms with van der Waals surface area (Å²) in [5, 5.41) is 1.85. The molecule has 1 fully saturated rings. The van der Waals surface area contributed by atoms with Gasteiger partial charge in [0.1, 0.15) is 18.1 Å². The second kappa shape index (κ2) is 10.7. The maximum Gasteiger partial charge on any atom is 0.373 e. The van der Waals surface area contributed by atoms with E-state index in [4.69, 9.17) is 9.15 Å². The third-order valence-electron chi connectivity index (χ3n) is 5.70. The molecule has 0 unspecified atom stereocenters. The molecule has 1 aliphatic rings. The third-order valence-corrected chi connectivity index (χ3v) is 7.10.